The van der Waals surface area contributed by atoms with E-state index >= 15 is 0 Å². The van der Waals surface area contributed by atoms with Crippen molar-refractivity contribution in [2.75, 3.05) is 18.4 Å². The number of rotatable bonds is 5. The maximum absolute atomic E-state index is 12.4. The van der Waals surface area contributed by atoms with Crippen LogP contribution in [0.3, 0.4) is 0 Å². The van der Waals surface area contributed by atoms with Crippen molar-refractivity contribution in [3.05, 3.63) is 17.6 Å². The molecule has 1 aromatic rings. The molecule has 5 saturated carbocycles. The average Bonchev–Trinajstić information content (AvgIpc) is 3.55. The Morgan fingerprint density at radius 2 is 1.86 bits per heavy atom. The second-order valence-electron chi connectivity index (χ2n) is 10.6. The first-order chi connectivity index (χ1) is 14.1. The van der Waals surface area contributed by atoms with Gasteiger partial charge in [-0.3, -0.25) is 4.79 Å². The van der Waals surface area contributed by atoms with E-state index in [0.717, 1.165) is 60.6 Å². The second-order valence-corrected chi connectivity index (χ2v) is 10.6. The van der Waals surface area contributed by atoms with E-state index in [2.05, 4.69) is 15.3 Å². The van der Waals surface area contributed by atoms with Crippen LogP contribution in [0.25, 0.3) is 0 Å². The van der Waals surface area contributed by atoms with E-state index in [4.69, 9.17) is 0 Å². The fourth-order valence-electron chi connectivity index (χ4n) is 7.28. The highest BCUT2D eigenvalue weighted by atomic mass is 16.3. The van der Waals surface area contributed by atoms with Crippen molar-refractivity contribution >= 4 is 11.7 Å². The zero-order valence-corrected chi connectivity index (χ0v) is 17.1. The number of fused-ring (bicyclic) bond motifs is 1. The molecule has 156 valence electrons. The molecule has 1 atom stereocenters. The van der Waals surface area contributed by atoms with Crippen molar-refractivity contribution in [1.29, 1.82) is 0 Å². The lowest BCUT2D eigenvalue weighted by Crippen LogP contribution is -2.53. The van der Waals surface area contributed by atoms with Crippen LogP contribution in [0.5, 0.6) is 0 Å². The van der Waals surface area contributed by atoms with E-state index in [1.165, 1.54) is 38.5 Å². The van der Waals surface area contributed by atoms with Gasteiger partial charge in [0.25, 0.3) is 0 Å². The van der Waals surface area contributed by atoms with Crippen LogP contribution in [-0.4, -0.2) is 45.1 Å². The van der Waals surface area contributed by atoms with Crippen LogP contribution in [0.1, 0.15) is 62.6 Å². The predicted molar refractivity (Wildman–Crippen MR) is 109 cm³/mol. The monoisotopic (exact) mass is 396 g/mol. The maximum Gasteiger partial charge on any atom is 0.226 e. The van der Waals surface area contributed by atoms with Crippen molar-refractivity contribution in [2.45, 2.75) is 70.4 Å². The Hall–Kier alpha value is -1.69. The lowest BCUT2D eigenvalue weighted by atomic mass is 9.48. The Bertz CT molecular complexity index is 786. The number of aromatic nitrogens is 2. The van der Waals surface area contributed by atoms with Crippen LogP contribution < -0.4 is 5.32 Å². The van der Waals surface area contributed by atoms with Gasteiger partial charge < -0.3 is 15.3 Å². The Balaban J connectivity index is 1.14. The summed E-state index contributed by atoms with van der Waals surface area (Å²) < 4.78 is 0. The molecule has 1 amide bonds. The van der Waals surface area contributed by atoms with Crippen LogP contribution in [0.4, 0.5) is 5.82 Å². The summed E-state index contributed by atoms with van der Waals surface area (Å²) in [6.07, 6.45) is 12.0. The lowest BCUT2D eigenvalue weighted by molar-refractivity contribution is -0.133. The maximum atomic E-state index is 12.4. The number of anilines is 1. The average molecular weight is 397 g/mol. The van der Waals surface area contributed by atoms with Crippen molar-refractivity contribution < 1.29 is 9.90 Å². The van der Waals surface area contributed by atoms with Gasteiger partial charge in [0.05, 0.1) is 18.3 Å². The summed E-state index contributed by atoms with van der Waals surface area (Å²) in [6.45, 7) is 1.92. The van der Waals surface area contributed by atoms with Gasteiger partial charge in [-0.15, -0.1) is 0 Å². The summed E-state index contributed by atoms with van der Waals surface area (Å²) >= 11 is 0. The van der Waals surface area contributed by atoms with Crippen LogP contribution >= 0.6 is 0 Å². The number of aliphatic hydroxyl groups is 1. The van der Waals surface area contributed by atoms with E-state index < -0.39 is 0 Å². The summed E-state index contributed by atoms with van der Waals surface area (Å²) in [7, 11) is 0. The van der Waals surface area contributed by atoms with E-state index in [-0.39, 0.29) is 17.4 Å². The highest BCUT2D eigenvalue weighted by Gasteiger charge is 2.53. The van der Waals surface area contributed by atoms with Crippen LogP contribution in [0.2, 0.25) is 0 Å². The van der Waals surface area contributed by atoms with Crippen LogP contribution in [0.15, 0.2) is 6.33 Å². The smallest absolute Gasteiger partial charge is 0.226 e. The van der Waals surface area contributed by atoms with E-state index in [1.807, 2.05) is 4.90 Å². The molecule has 0 radical (unpaired) electrons. The number of nitrogens with one attached hydrogen (secondary N) is 1. The molecule has 2 heterocycles. The lowest BCUT2D eigenvalue weighted by Gasteiger charge is -2.58. The van der Waals surface area contributed by atoms with Crippen molar-refractivity contribution in [3.63, 3.8) is 0 Å². The topological polar surface area (TPSA) is 78.4 Å². The summed E-state index contributed by atoms with van der Waals surface area (Å²) in [6, 6.07) is 0. The Morgan fingerprint density at radius 3 is 2.52 bits per heavy atom. The standard InChI is InChI=1S/C23H32N4O2/c28-20(23-8-14-5-15(9-23)7-16(6-14)10-23)11-24-21-18-3-4-27(22(29)17-1-2-17)12-19(18)25-13-26-21/h13-17,20,28H,1-12H2,(H,24,25,26). The highest BCUT2D eigenvalue weighted by molar-refractivity contribution is 5.81. The minimum absolute atomic E-state index is 0.127. The molecular weight excluding hydrogens is 364 g/mol. The zero-order valence-electron chi connectivity index (χ0n) is 17.1. The highest BCUT2D eigenvalue weighted by Crippen LogP contribution is 2.61. The van der Waals surface area contributed by atoms with Crippen molar-refractivity contribution in [1.82, 2.24) is 14.9 Å². The van der Waals surface area contributed by atoms with Gasteiger partial charge in [-0.25, -0.2) is 9.97 Å². The first kappa shape index (κ1) is 18.1. The van der Waals surface area contributed by atoms with Gasteiger partial charge in [0, 0.05) is 24.6 Å². The van der Waals surface area contributed by atoms with Crippen LogP contribution in [0, 0.1) is 29.1 Å². The van der Waals surface area contributed by atoms with Crippen LogP contribution in [-0.2, 0) is 17.8 Å². The fourth-order valence-corrected chi connectivity index (χ4v) is 7.28. The molecule has 5 fully saturated rings. The van der Waals surface area contributed by atoms with Gasteiger partial charge in [-0.05, 0) is 81.0 Å². The number of nitrogens with zero attached hydrogens (tertiary/aromatic N) is 3. The molecule has 1 aliphatic heterocycles. The van der Waals surface area contributed by atoms with E-state index in [9.17, 15) is 9.90 Å². The third kappa shape index (κ3) is 3.15. The van der Waals surface area contributed by atoms with Gasteiger partial charge in [-0.2, -0.15) is 0 Å². The first-order valence-corrected chi connectivity index (χ1v) is 11.6. The number of hydrogen-bond donors (Lipinski definition) is 2. The summed E-state index contributed by atoms with van der Waals surface area (Å²) in [5, 5.41) is 14.7. The van der Waals surface area contributed by atoms with Gasteiger partial charge >= 0.3 is 0 Å². The van der Waals surface area contributed by atoms with Gasteiger partial charge in [0.2, 0.25) is 5.91 Å². The SMILES string of the molecule is O=C(C1CC1)N1CCc2c(ncnc2NCC(O)C23CC4CC(CC(C4)C2)C3)C1. The fraction of sp³-hybridized carbons (Fsp3) is 0.783. The summed E-state index contributed by atoms with van der Waals surface area (Å²) in [5.41, 5.74) is 2.22. The van der Waals surface area contributed by atoms with E-state index in [1.54, 1.807) is 6.33 Å². The molecular formula is C23H32N4O2. The molecule has 2 N–H and O–H groups in total. The Kier molecular flexibility index (Phi) is 4.16. The molecule has 1 unspecified atom stereocenters. The molecule has 7 rings (SSSR count). The van der Waals surface area contributed by atoms with Gasteiger partial charge in [-0.1, -0.05) is 0 Å². The molecule has 0 spiro atoms. The number of hydrogen-bond acceptors (Lipinski definition) is 5. The molecule has 1 aromatic heterocycles. The largest absolute Gasteiger partial charge is 0.391 e. The Labute approximate surface area is 172 Å². The van der Waals surface area contributed by atoms with Crippen molar-refractivity contribution in [3.8, 4) is 0 Å². The van der Waals surface area contributed by atoms with Gasteiger partial charge in [0.1, 0.15) is 12.1 Å². The predicted octanol–water partition coefficient (Wildman–Crippen LogP) is 2.76. The Morgan fingerprint density at radius 1 is 1.17 bits per heavy atom. The minimum atomic E-state index is -0.307. The number of carbonyl (C=O) groups is 1. The quantitative estimate of drug-likeness (QED) is 0.800. The van der Waals surface area contributed by atoms with Gasteiger partial charge in [0.15, 0.2) is 0 Å². The molecule has 29 heavy (non-hydrogen) atoms. The minimum Gasteiger partial charge on any atom is -0.391 e. The summed E-state index contributed by atoms with van der Waals surface area (Å²) in [4.78, 5) is 23.3. The molecule has 6 nitrogen and oxygen atoms in total. The number of amides is 1. The number of carbonyl (C=O) groups excluding carboxylic acids is 1. The molecule has 0 aromatic carbocycles. The number of aliphatic hydroxyl groups excluding tert-OH is 1. The zero-order chi connectivity index (χ0) is 19.6. The first-order valence-electron chi connectivity index (χ1n) is 11.6. The molecule has 5 aliphatic carbocycles. The third-order valence-electron chi connectivity index (χ3n) is 8.50. The molecule has 6 heteroatoms. The molecule has 4 bridgehead atoms. The second kappa shape index (κ2) is 6.66. The van der Waals surface area contributed by atoms with Crippen molar-refractivity contribution in [2.24, 2.45) is 29.1 Å². The summed E-state index contributed by atoms with van der Waals surface area (Å²) in [5.74, 6) is 3.94. The molecule has 0 saturated heterocycles. The molecule has 6 aliphatic rings. The van der Waals surface area contributed by atoms with E-state index in [0.29, 0.717) is 19.0 Å². The normalized spacial score (nSPS) is 36.0. The third-order valence-corrected chi connectivity index (χ3v) is 8.50.